The van der Waals surface area contributed by atoms with Crippen molar-refractivity contribution in [2.45, 2.75) is 31.2 Å². The van der Waals surface area contributed by atoms with Crippen LogP contribution >= 0.6 is 11.8 Å². The summed E-state index contributed by atoms with van der Waals surface area (Å²) in [6, 6.07) is 6.37. The van der Waals surface area contributed by atoms with Crippen molar-refractivity contribution in [3.63, 3.8) is 0 Å². The normalized spacial score (nSPS) is 20.0. The molecule has 2 saturated heterocycles. The standard InChI is InChI=1S/C20H28N4O5S2/c1-15-4-6-17(7-5-15)31(28,29)23-10-3-9-22(12-13-23)16(2)19(26)21-8-11-24-18(25)14-30-20(24)27/h4-7,16H,3,8-14H2,1-2H3,(H,21,26). The van der Waals surface area contributed by atoms with E-state index >= 15 is 0 Å². The lowest BCUT2D eigenvalue weighted by atomic mass is 10.2. The molecule has 0 bridgehead atoms. The third-order valence-electron chi connectivity index (χ3n) is 5.55. The van der Waals surface area contributed by atoms with Gasteiger partial charge in [-0.2, -0.15) is 4.31 Å². The number of hydrogen-bond acceptors (Lipinski definition) is 7. The van der Waals surface area contributed by atoms with Crippen LogP contribution < -0.4 is 5.32 Å². The monoisotopic (exact) mass is 468 g/mol. The molecule has 2 heterocycles. The van der Waals surface area contributed by atoms with Crippen LogP contribution in [0.2, 0.25) is 0 Å². The smallest absolute Gasteiger partial charge is 0.288 e. The molecule has 2 aliphatic heterocycles. The van der Waals surface area contributed by atoms with E-state index < -0.39 is 16.1 Å². The Kier molecular flexibility index (Phi) is 7.73. The fourth-order valence-corrected chi connectivity index (χ4v) is 5.82. The summed E-state index contributed by atoms with van der Waals surface area (Å²) in [6.07, 6.45) is 0.622. The first-order valence-corrected chi connectivity index (χ1v) is 12.7. The molecule has 31 heavy (non-hydrogen) atoms. The predicted molar refractivity (Wildman–Crippen MR) is 118 cm³/mol. The van der Waals surface area contributed by atoms with Crippen molar-refractivity contribution in [3.05, 3.63) is 29.8 Å². The summed E-state index contributed by atoms with van der Waals surface area (Å²) in [7, 11) is -3.57. The molecule has 3 amide bonds. The van der Waals surface area contributed by atoms with E-state index in [0.29, 0.717) is 32.6 Å². The maximum atomic E-state index is 12.9. The van der Waals surface area contributed by atoms with Crippen LogP contribution in [0.3, 0.4) is 0 Å². The number of benzene rings is 1. The molecule has 1 unspecified atom stereocenters. The summed E-state index contributed by atoms with van der Waals surface area (Å²) < 4.78 is 27.4. The second kappa shape index (κ2) is 10.1. The number of nitrogens with zero attached hydrogens (tertiary/aromatic N) is 3. The van der Waals surface area contributed by atoms with E-state index in [4.69, 9.17) is 0 Å². The van der Waals surface area contributed by atoms with Gasteiger partial charge in [0, 0.05) is 39.3 Å². The zero-order chi connectivity index (χ0) is 22.6. The number of thioether (sulfide) groups is 1. The largest absolute Gasteiger partial charge is 0.353 e. The molecule has 0 radical (unpaired) electrons. The van der Waals surface area contributed by atoms with E-state index in [1.54, 1.807) is 31.2 Å². The summed E-state index contributed by atoms with van der Waals surface area (Å²) >= 11 is 0.968. The van der Waals surface area contributed by atoms with E-state index in [2.05, 4.69) is 5.32 Å². The topological polar surface area (TPSA) is 107 Å². The minimum atomic E-state index is -3.57. The van der Waals surface area contributed by atoms with Gasteiger partial charge >= 0.3 is 0 Å². The summed E-state index contributed by atoms with van der Waals surface area (Å²) in [5.41, 5.74) is 0.998. The van der Waals surface area contributed by atoms with Gasteiger partial charge in [-0.1, -0.05) is 29.5 Å². The first-order valence-electron chi connectivity index (χ1n) is 10.3. The molecular weight excluding hydrogens is 440 g/mol. The highest BCUT2D eigenvalue weighted by Gasteiger charge is 2.31. The molecule has 2 fully saturated rings. The van der Waals surface area contributed by atoms with Gasteiger partial charge in [0.25, 0.3) is 5.24 Å². The summed E-state index contributed by atoms with van der Waals surface area (Å²) in [5, 5.41) is 2.49. The Labute approximate surface area is 187 Å². The van der Waals surface area contributed by atoms with Crippen molar-refractivity contribution in [1.82, 2.24) is 19.4 Å². The Morgan fingerprint density at radius 2 is 1.84 bits per heavy atom. The fraction of sp³-hybridized carbons (Fsp3) is 0.550. The van der Waals surface area contributed by atoms with Gasteiger partial charge < -0.3 is 5.32 Å². The number of sulfonamides is 1. The number of amides is 3. The van der Waals surface area contributed by atoms with Crippen molar-refractivity contribution in [3.8, 4) is 0 Å². The number of aryl methyl sites for hydroxylation is 1. The highest BCUT2D eigenvalue weighted by atomic mass is 32.2. The minimum Gasteiger partial charge on any atom is -0.353 e. The van der Waals surface area contributed by atoms with Crippen LogP contribution in [0.1, 0.15) is 18.9 Å². The highest BCUT2D eigenvalue weighted by Crippen LogP contribution is 2.19. The van der Waals surface area contributed by atoms with Gasteiger partial charge in [-0.3, -0.25) is 24.2 Å². The first kappa shape index (κ1) is 23.7. The third-order valence-corrected chi connectivity index (χ3v) is 8.32. The molecule has 2 aliphatic rings. The zero-order valence-electron chi connectivity index (χ0n) is 17.7. The van der Waals surface area contributed by atoms with Gasteiger partial charge in [0.2, 0.25) is 21.8 Å². The van der Waals surface area contributed by atoms with Crippen LogP contribution in [0.25, 0.3) is 0 Å². The van der Waals surface area contributed by atoms with Crippen LogP contribution in [0.4, 0.5) is 4.79 Å². The fourth-order valence-electron chi connectivity index (χ4n) is 3.60. The molecule has 1 N–H and O–H groups in total. The number of imide groups is 1. The van der Waals surface area contributed by atoms with Crippen molar-refractivity contribution in [1.29, 1.82) is 0 Å². The number of carbonyl (C=O) groups is 3. The van der Waals surface area contributed by atoms with Crippen molar-refractivity contribution >= 4 is 38.8 Å². The van der Waals surface area contributed by atoms with Crippen LogP contribution in [-0.4, -0.2) is 90.6 Å². The van der Waals surface area contributed by atoms with Crippen molar-refractivity contribution < 1.29 is 22.8 Å². The lowest BCUT2D eigenvalue weighted by molar-refractivity contribution is -0.127. The molecule has 0 spiro atoms. The van der Waals surface area contributed by atoms with E-state index in [9.17, 15) is 22.8 Å². The van der Waals surface area contributed by atoms with Gasteiger partial charge in [0.1, 0.15) is 0 Å². The minimum absolute atomic E-state index is 0.152. The lowest BCUT2D eigenvalue weighted by Crippen LogP contribution is -2.48. The Bertz CT molecular complexity index is 919. The van der Waals surface area contributed by atoms with Gasteiger partial charge in [0.05, 0.1) is 16.7 Å². The summed E-state index contributed by atoms with van der Waals surface area (Å²) in [5.74, 6) is -0.292. The molecule has 1 aromatic rings. The van der Waals surface area contributed by atoms with Gasteiger partial charge in [-0.15, -0.1) is 0 Å². The van der Waals surface area contributed by atoms with Gasteiger partial charge in [0.15, 0.2) is 0 Å². The molecule has 170 valence electrons. The van der Waals surface area contributed by atoms with Crippen LogP contribution in [0, 0.1) is 6.92 Å². The molecule has 0 saturated carbocycles. The molecule has 11 heteroatoms. The molecule has 0 aromatic heterocycles. The van der Waals surface area contributed by atoms with E-state index in [1.165, 1.54) is 4.31 Å². The van der Waals surface area contributed by atoms with Crippen LogP contribution in [0.5, 0.6) is 0 Å². The van der Waals surface area contributed by atoms with Crippen molar-refractivity contribution in [2.24, 2.45) is 0 Å². The Balaban J connectivity index is 1.52. The van der Waals surface area contributed by atoms with Crippen molar-refractivity contribution in [2.75, 3.05) is 45.0 Å². The molecule has 1 atom stereocenters. The zero-order valence-corrected chi connectivity index (χ0v) is 19.4. The van der Waals surface area contributed by atoms with E-state index in [-0.39, 0.29) is 40.8 Å². The van der Waals surface area contributed by atoms with E-state index in [0.717, 1.165) is 22.2 Å². The predicted octanol–water partition coefficient (Wildman–Crippen LogP) is 0.892. The number of rotatable bonds is 7. The quantitative estimate of drug-likeness (QED) is 0.633. The molecule has 3 rings (SSSR count). The first-order chi connectivity index (χ1) is 14.7. The Hall–Kier alpha value is -1.95. The van der Waals surface area contributed by atoms with Gasteiger partial charge in [-0.25, -0.2) is 8.42 Å². The Morgan fingerprint density at radius 1 is 1.13 bits per heavy atom. The molecule has 9 nitrogen and oxygen atoms in total. The Morgan fingerprint density at radius 3 is 2.48 bits per heavy atom. The second-order valence-corrected chi connectivity index (χ2v) is 10.5. The highest BCUT2D eigenvalue weighted by molar-refractivity contribution is 8.14. The van der Waals surface area contributed by atoms with Crippen LogP contribution in [0.15, 0.2) is 29.2 Å². The molecular formula is C20H28N4O5S2. The third kappa shape index (κ3) is 5.65. The lowest BCUT2D eigenvalue weighted by Gasteiger charge is -2.27. The maximum Gasteiger partial charge on any atom is 0.288 e. The maximum absolute atomic E-state index is 12.9. The number of hydrogen-bond donors (Lipinski definition) is 1. The average Bonchev–Trinajstić information content (AvgIpc) is 2.94. The second-order valence-electron chi connectivity index (χ2n) is 7.67. The molecule has 0 aliphatic carbocycles. The molecule has 1 aromatic carbocycles. The summed E-state index contributed by atoms with van der Waals surface area (Å²) in [4.78, 5) is 39.2. The van der Waals surface area contributed by atoms with Crippen LogP contribution in [-0.2, 0) is 19.6 Å². The number of carbonyl (C=O) groups excluding carboxylic acids is 3. The SMILES string of the molecule is Cc1ccc(S(=O)(=O)N2CCCN(C(C)C(=O)NCCN3C(=O)CSC3=O)CC2)cc1. The summed E-state index contributed by atoms with van der Waals surface area (Å²) in [6.45, 7) is 5.80. The van der Waals surface area contributed by atoms with Gasteiger partial charge in [-0.05, 0) is 32.4 Å². The number of nitrogens with one attached hydrogen (secondary N) is 1. The average molecular weight is 469 g/mol. The van der Waals surface area contributed by atoms with E-state index in [1.807, 2.05) is 11.8 Å².